The number of halogens is 4. The maximum atomic E-state index is 13.6. The van der Waals surface area contributed by atoms with Crippen LogP contribution in [-0.4, -0.2) is 50.7 Å². The maximum absolute atomic E-state index is 13.6. The molecular formula is C25H27ClF3NO5S3. The first-order chi connectivity index (χ1) is 17.9. The number of fused-ring (bicyclic) bond motifs is 1. The fraction of sp³-hybridized carbons (Fsp3) is 0.400. The lowest BCUT2D eigenvalue weighted by atomic mass is 10.2. The Kier molecular flexibility index (Phi) is 10.4. The van der Waals surface area contributed by atoms with Crippen LogP contribution in [0.4, 0.5) is 13.2 Å². The molecule has 0 amide bonds. The second-order valence-corrected chi connectivity index (χ2v) is 12.9. The Morgan fingerprint density at radius 1 is 1.13 bits per heavy atom. The molecule has 1 heterocycles. The van der Waals surface area contributed by atoms with Crippen LogP contribution in [0.15, 0.2) is 45.5 Å². The standard InChI is InChI=1S/C25H27ClF3NO5S3/c1-4-10-30(38(32,33)24-16(3)19-13-17(26)6-9-22(19)37-24)11-12-36-18-7-8-21(20(14-18)25(27,28)29)35-15-23(31)34-5-2/h6-9,13-14H,4-5,10-12,15H2,1-3H3. The van der Waals surface area contributed by atoms with Crippen molar-refractivity contribution in [1.29, 1.82) is 0 Å². The van der Waals surface area contributed by atoms with Crippen molar-refractivity contribution in [2.45, 2.75) is 42.5 Å². The van der Waals surface area contributed by atoms with Crippen LogP contribution in [0.5, 0.6) is 5.75 Å². The maximum Gasteiger partial charge on any atom is 0.420 e. The average molecular weight is 610 g/mol. The summed E-state index contributed by atoms with van der Waals surface area (Å²) in [5.41, 5.74) is -0.404. The van der Waals surface area contributed by atoms with Gasteiger partial charge in [0.25, 0.3) is 10.0 Å². The van der Waals surface area contributed by atoms with Gasteiger partial charge in [-0.25, -0.2) is 13.2 Å². The molecule has 0 spiro atoms. The Bertz CT molecular complexity index is 1390. The number of hydrogen-bond acceptors (Lipinski definition) is 7. The molecule has 0 atom stereocenters. The highest BCUT2D eigenvalue weighted by Gasteiger charge is 2.35. The summed E-state index contributed by atoms with van der Waals surface area (Å²) in [5, 5.41) is 1.29. The first kappa shape index (κ1) is 30.6. The highest BCUT2D eigenvalue weighted by atomic mass is 35.5. The van der Waals surface area contributed by atoms with E-state index in [2.05, 4.69) is 4.74 Å². The van der Waals surface area contributed by atoms with Gasteiger partial charge in [0.05, 0.1) is 12.2 Å². The van der Waals surface area contributed by atoms with Crippen LogP contribution in [0.25, 0.3) is 10.1 Å². The number of hydrogen-bond donors (Lipinski definition) is 0. The second-order valence-electron chi connectivity index (χ2n) is 8.16. The van der Waals surface area contributed by atoms with E-state index in [-0.39, 0.29) is 29.7 Å². The van der Waals surface area contributed by atoms with Gasteiger partial charge in [0.15, 0.2) is 6.61 Å². The van der Waals surface area contributed by atoms with E-state index in [1.165, 1.54) is 21.7 Å². The topological polar surface area (TPSA) is 72.9 Å². The lowest BCUT2D eigenvalue weighted by Gasteiger charge is -2.21. The molecule has 2 aromatic carbocycles. The molecule has 0 aliphatic heterocycles. The highest BCUT2D eigenvalue weighted by Crippen LogP contribution is 2.39. The molecular weight excluding hydrogens is 583 g/mol. The third-order valence-electron chi connectivity index (χ3n) is 5.42. The Morgan fingerprint density at radius 3 is 2.53 bits per heavy atom. The minimum absolute atomic E-state index is 0.0888. The number of carbonyl (C=O) groups is 1. The molecule has 0 saturated carbocycles. The molecule has 6 nitrogen and oxygen atoms in total. The van der Waals surface area contributed by atoms with Gasteiger partial charge >= 0.3 is 12.1 Å². The van der Waals surface area contributed by atoms with Crippen LogP contribution in [-0.2, 0) is 25.7 Å². The van der Waals surface area contributed by atoms with E-state index in [0.29, 0.717) is 21.9 Å². The van der Waals surface area contributed by atoms with E-state index in [9.17, 15) is 26.4 Å². The number of alkyl halides is 3. The molecule has 0 unspecified atom stereocenters. The molecule has 208 valence electrons. The first-order valence-corrected chi connectivity index (χ1v) is 15.3. The summed E-state index contributed by atoms with van der Waals surface area (Å²) in [6.45, 7) is 5.01. The molecule has 0 radical (unpaired) electrons. The van der Waals surface area contributed by atoms with Crippen LogP contribution in [0.1, 0.15) is 31.4 Å². The van der Waals surface area contributed by atoms with Crippen molar-refractivity contribution in [2.75, 3.05) is 32.1 Å². The monoisotopic (exact) mass is 609 g/mol. The predicted molar refractivity (Wildman–Crippen MR) is 145 cm³/mol. The van der Waals surface area contributed by atoms with Gasteiger partial charge in [-0.1, -0.05) is 18.5 Å². The minimum atomic E-state index is -4.71. The number of ether oxygens (including phenoxy) is 2. The van der Waals surface area contributed by atoms with Gasteiger partial charge in [-0.2, -0.15) is 17.5 Å². The zero-order valence-electron chi connectivity index (χ0n) is 20.9. The van der Waals surface area contributed by atoms with Gasteiger partial charge in [-0.15, -0.1) is 23.1 Å². The van der Waals surface area contributed by atoms with Crippen molar-refractivity contribution in [1.82, 2.24) is 4.31 Å². The fourth-order valence-electron chi connectivity index (χ4n) is 3.69. The molecule has 0 aliphatic rings. The van der Waals surface area contributed by atoms with Crippen molar-refractivity contribution in [2.24, 2.45) is 0 Å². The molecule has 38 heavy (non-hydrogen) atoms. The summed E-state index contributed by atoms with van der Waals surface area (Å²) in [4.78, 5) is 11.8. The molecule has 0 bridgehead atoms. The lowest BCUT2D eigenvalue weighted by molar-refractivity contribution is -0.147. The summed E-state index contributed by atoms with van der Waals surface area (Å²) < 4.78 is 80.1. The predicted octanol–water partition coefficient (Wildman–Crippen LogP) is 7.02. The van der Waals surface area contributed by atoms with Crippen LogP contribution in [0.3, 0.4) is 0 Å². The fourth-order valence-corrected chi connectivity index (χ4v) is 8.30. The SMILES string of the molecule is CCCN(CCSc1ccc(OCC(=O)OCC)c(C(F)(F)F)c1)S(=O)(=O)c1sc2ccc(Cl)cc2c1C. The van der Waals surface area contributed by atoms with Gasteiger partial charge < -0.3 is 9.47 Å². The largest absolute Gasteiger partial charge is 0.481 e. The normalized spacial score (nSPS) is 12.3. The van der Waals surface area contributed by atoms with E-state index in [1.54, 1.807) is 32.0 Å². The molecule has 1 aromatic heterocycles. The van der Waals surface area contributed by atoms with E-state index < -0.39 is 40.1 Å². The van der Waals surface area contributed by atoms with Crippen LogP contribution in [0, 0.1) is 6.92 Å². The van der Waals surface area contributed by atoms with Crippen molar-refractivity contribution in [3.8, 4) is 5.75 Å². The minimum Gasteiger partial charge on any atom is -0.481 e. The number of aryl methyl sites for hydroxylation is 1. The number of benzene rings is 2. The zero-order chi connectivity index (χ0) is 28.1. The third kappa shape index (κ3) is 7.35. The number of sulfonamides is 1. The van der Waals surface area contributed by atoms with Crippen LogP contribution < -0.4 is 4.74 Å². The van der Waals surface area contributed by atoms with E-state index >= 15 is 0 Å². The number of carbonyl (C=O) groups excluding carboxylic acids is 1. The average Bonchev–Trinajstić information content (AvgIpc) is 3.18. The number of nitrogens with zero attached hydrogens (tertiary/aromatic N) is 1. The molecule has 13 heteroatoms. The van der Waals surface area contributed by atoms with Gasteiger partial charge in [-0.3, -0.25) is 0 Å². The lowest BCUT2D eigenvalue weighted by Crippen LogP contribution is -2.33. The highest BCUT2D eigenvalue weighted by molar-refractivity contribution is 7.99. The van der Waals surface area contributed by atoms with Crippen molar-refractivity contribution < 1.29 is 35.9 Å². The summed E-state index contributed by atoms with van der Waals surface area (Å²) in [5.74, 6) is -1.02. The smallest absolute Gasteiger partial charge is 0.420 e. The Hall–Kier alpha value is -1.99. The van der Waals surface area contributed by atoms with Crippen LogP contribution >= 0.6 is 34.7 Å². The van der Waals surface area contributed by atoms with Crippen molar-refractivity contribution in [3.63, 3.8) is 0 Å². The summed E-state index contributed by atoms with van der Waals surface area (Å²) >= 11 is 8.36. The Labute approximate surface area is 233 Å². The zero-order valence-corrected chi connectivity index (χ0v) is 24.1. The summed E-state index contributed by atoms with van der Waals surface area (Å²) in [6.07, 6.45) is -4.13. The molecule has 0 aliphatic carbocycles. The quantitative estimate of drug-likeness (QED) is 0.162. The molecule has 0 saturated heterocycles. The summed E-state index contributed by atoms with van der Waals surface area (Å²) in [7, 11) is -3.83. The number of rotatable bonds is 12. The van der Waals surface area contributed by atoms with E-state index in [1.807, 2.05) is 6.92 Å². The molecule has 0 fully saturated rings. The van der Waals surface area contributed by atoms with Crippen molar-refractivity contribution in [3.05, 3.63) is 52.5 Å². The molecule has 0 N–H and O–H groups in total. The number of thioether (sulfide) groups is 1. The van der Waals surface area contributed by atoms with Crippen molar-refractivity contribution >= 4 is 60.8 Å². The number of esters is 1. The Balaban J connectivity index is 1.76. The van der Waals surface area contributed by atoms with Gasteiger partial charge in [0.2, 0.25) is 0 Å². The van der Waals surface area contributed by atoms with E-state index in [0.717, 1.165) is 34.0 Å². The first-order valence-electron chi connectivity index (χ1n) is 11.7. The molecule has 3 rings (SSSR count). The second kappa shape index (κ2) is 12.9. The van der Waals surface area contributed by atoms with Gasteiger partial charge in [-0.05, 0) is 67.6 Å². The Morgan fingerprint density at radius 2 is 1.87 bits per heavy atom. The van der Waals surface area contributed by atoms with E-state index in [4.69, 9.17) is 16.3 Å². The summed E-state index contributed by atoms with van der Waals surface area (Å²) in [6, 6.07) is 8.76. The third-order valence-corrected chi connectivity index (χ3v) is 10.4. The van der Waals surface area contributed by atoms with Gasteiger partial charge in [0, 0.05) is 33.5 Å². The molecule has 3 aromatic rings. The van der Waals surface area contributed by atoms with Crippen LogP contribution in [0.2, 0.25) is 5.02 Å². The number of thiophene rings is 1. The van der Waals surface area contributed by atoms with Gasteiger partial charge in [0.1, 0.15) is 9.96 Å².